The minimum atomic E-state index is -0.358. The quantitative estimate of drug-likeness (QED) is 0.519. The van der Waals surface area contributed by atoms with Crippen LogP contribution in [-0.4, -0.2) is 53.2 Å². The lowest BCUT2D eigenvalue weighted by atomic mass is 9.80. The molecule has 0 spiro atoms. The van der Waals surface area contributed by atoms with E-state index in [1.54, 1.807) is 0 Å². The van der Waals surface area contributed by atoms with Crippen LogP contribution in [0.3, 0.4) is 0 Å². The van der Waals surface area contributed by atoms with Crippen LogP contribution in [0, 0.1) is 17.3 Å². The van der Waals surface area contributed by atoms with Gasteiger partial charge in [0.1, 0.15) is 5.78 Å². The second-order valence-corrected chi connectivity index (χ2v) is 8.32. The first-order valence-corrected chi connectivity index (χ1v) is 10.9. The van der Waals surface area contributed by atoms with Gasteiger partial charge in [0.2, 0.25) is 5.91 Å². The standard InChI is InChI=1S/C12H18N2O3.C9H18O2.C2H6.H2/c1-9(2)5-7-13-10(15)6-8-14-11(16)3-4-12(14)17;1-7(2)8(11)9(3,4)5-6-10;1-2;/h3-4,9H,5-8H2,1-2H3,(H,13,15);7,10H,5-6H2,1-4H3;1-2H3;1H. The molecule has 0 aliphatic carbocycles. The smallest absolute Gasteiger partial charge is 0.253 e. The van der Waals surface area contributed by atoms with Crippen molar-refractivity contribution in [2.45, 2.75) is 74.7 Å². The SMILES string of the molecule is CC.CC(C)C(=O)C(C)(C)CCO.CC(C)CCNC(=O)CCN1C(=O)C=CC1=O.[HH]. The summed E-state index contributed by atoms with van der Waals surface area (Å²) in [5.74, 6) is 0.0254. The van der Waals surface area contributed by atoms with Crippen LogP contribution in [0.4, 0.5) is 0 Å². The van der Waals surface area contributed by atoms with Gasteiger partial charge in [0, 0.05) is 51.0 Å². The van der Waals surface area contributed by atoms with E-state index in [1.807, 2.05) is 41.5 Å². The second-order valence-electron chi connectivity index (χ2n) is 8.32. The monoisotopic (exact) mass is 428 g/mol. The predicted molar refractivity (Wildman–Crippen MR) is 122 cm³/mol. The fourth-order valence-corrected chi connectivity index (χ4v) is 2.64. The largest absolute Gasteiger partial charge is 0.396 e. The lowest BCUT2D eigenvalue weighted by Crippen LogP contribution is -2.35. The molecule has 1 aliphatic heterocycles. The number of hydrogen-bond donors (Lipinski definition) is 2. The van der Waals surface area contributed by atoms with Crippen molar-refractivity contribution < 1.29 is 25.7 Å². The third kappa shape index (κ3) is 12.5. The summed E-state index contributed by atoms with van der Waals surface area (Å²) in [5, 5.41) is 11.4. The molecule has 0 aromatic carbocycles. The van der Waals surface area contributed by atoms with Crippen molar-refractivity contribution in [3.05, 3.63) is 12.2 Å². The van der Waals surface area contributed by atoms with E-state index >= 15 is 0 Å². The number of nitrogens with one attached hydrogen (secondary N) is 1. The normalized spacial score (nSPS) is 13.1. The van der Waals surface area contributed by atoms with E-state index in [2.05, 4.69) is 19.2 Å². The van der Waals surface area contributed by atoms with Crippen LogP contribution in [0.25, 0.3) is 0 Å². The van der Waals surface area contributed by atoms with Gasteiger partial charge in [-0.05, 0) is 18.8 Å². The lowest BCUT2D eigenvalue weighted by molar-refractivity contribution is -0.137. The first-order valence-electron chi connectivity index (χ1n) is 10.9. The molecule has 0 aromatic rings. The summed E-state index contributed by atoms with van der Waals surface area (Å²) in [6.07, 6.45) is 4.09. The summed E-state index contributed by atoms with van der Waals surface area (Å²) in [5.41, 5.74) is -0.358. The van der Waals surface area contributed by atoms with E-state index in [0.29, 0.717) is 18.9 Å². The molecule has 1 aliphatic rings. The van der Waals surface area contributed by atoms with Crippen molar-refractivity contribution in [3.8, 4) is 0 Å². The highest BCUT2D eigenvalue weighted by molar-refractivity contribution is 6.13. The van der Waals surface area contributed by atoms with Gasteiger partial charge in [-0.3, -0.25) is 24.1 Å². The van der Waals surface area contributed by atoms with Gasteiger partial charge in [-0.1, -0.05) is 55.4 Å². The molecule has 0 fully saturated rings. The summed E-state index contributed by atoms with van der Waals surface area (Å²) >= 11 is 0. The maximum atomic E-state index is 11.4. The minimum Gasteiger partial charge on any atom is -0.396 e. The topological polar surface area (TPSA) is 104 Å². The Morgan fingerprint density at radius 1 is 1.10 bits per heavy atom. The molecule has 0 bridgehead atoms. The Balaban J connectivity index is -0.000000490. The average molecular weight is 429 g/mol. The number of carbonyl (C=O) groups is 4. The molecular formula is C23H44N2O5. The van der Waals surface area contributed by atoms with E-state index in [-0.39, 0.29) is 55.8 Å². The summed E-state index contributed by atoms with van der Waals surface area (Å²) < 4.78 is 0. The molecule has 0 unspecified atom stereocenters. The number of aliphatic hydroxyl groups excluding tert-OH is 1. The molecule has 176 valence electrons. The van der Waals surface area contributed by atoms with Crippen LogP contribution in [0.1, 0.15) is 76.1 Å². The van der Waals surface area contributed by atoms with Crippen molar-refractivity contribution in [3.63, 3.8) is 0 Å². The van der Waals surface area contributed by atoms with Gasteiger partial charge in [0.05, 0.1) is 0 Å². The van der Waals surface area contributed by atoms with Crippen LogP contribution in [0.5, 0.6) is 0 Å². The Labute approximate surface area is 183 Å². The number of carbonyl (C=O) groups excluding carboxylic acids is 4. The highest BCUT2D eigenvalue weighted by Crippen LogP contribution is 2.24. The minimum absolute atomic E-state index is 0. The van der Waals surface area contributed by atoms with Gasteiger partial charge in [-0.25, -0.2) is 0 Å². The van der Waals surface area contributed by atoms with E-state index in [0.717, 1.165) is 11.3 Å². The lowest BCUT2D eigenvalue weighted by Gasteiger charge is -2.23. The van der Waals surface area contributed by atoms with Crippen molar-refractivity contribution in [1.29, 1.82) is 0 Å². The Bertz CT molecular complexity index is 569. The molecule has 1 heterocycles. The van der Waals surface area contributed by atoms with Crippen molar-refractivity contribution in [2.24, 2.45) is 17.3 Å². The van der Waals surface area contributed by atoms with Gasteiger partial charge < -0.3 is 10.4 Å². The number of imide groups is 1. The molecule has 3 amide bonds. The predicted octanol–water partition coefficient (Wildman–Crippen LogP) is 3.36. The molecule has 0 aromatic heterocycles. The average Bonchev–Trinajstić information content (AvgIpc) is 2.99. The third-order valence-electron chi connectivity index (χ3n) is 4.44. The van der Waals surface area contributed by atoms with E-state index in [4.69, 9.17) is 5.11 Å². The fourth-order valence-electron chi connectivity index (χ4n) is 2.64. The summed E-state index contributed by atoms with van der Waals surface area (Å²) in [4.78, 5) is 46.3. The number of Topliss-reactive ketones (excluding diaryl/α,β-unsaturated/α-hetero) is 1. The molecule has 7 nitrogen and oxygen atoms in total. The highest BCUT2D eigenvalue weighted by Gasteiger charge is 2.28. The Hall–Kier alpha value is -2.02. The summed E-state index contributed by atoms with van der Waals surface area (Å²) in [6.45, 7) is 16.6. The number of hydrogen-bond acceptors (Lipinski definition) is 5. The maximum Gasteiger partial charge on any atom is 0.253 e. The zero-order valence-electron chi connectivity index (χ0n) is 20.1. The summed E-state index contributed by atoms with van der Waals surface area (Å²) in [7, 11) is 0. The van der Waals surface area contributed by atoms with Gasteiger partial charge >= 0.3 is 0 Å². The Morgan fingerprint density at radius 3 is 2.00 bits per heavy atom. The van der Waals surface area contributed by atoms with E-state index < -0.39 is 0 Å². The van der Waals surface area contributed by atoms with Crippen molar-refractivity contribution in [1.82, 2.24) is 10.2 Å². The van der Waals surface area contributed by atoms with Crippen LogP contribution in [0.15, 0.2) is 12.2 Å². The van der Waals surface area contributed by atoms with Gasteiger partial charge in [0.25, 0.3) is 11.8 Å². The number of rotatable bonds is 10. The van der Waals surface area contributed by atoms with Crippen LogP contribution >= 0.6 is 0 Å². The van der Waals surface area contributed by atoms with Crippen molar-refractivity contribution in [2.75, 3.05) is 19.7 Å². The molecule has 30 heavy (non-hydrogen) atoms. The Kier molecular flexibility index (Phi) is 15.9. The molecule has 0 radical (unpaired) electrons. The Morgan fingerprint density at radius 2 is 1.60 bits per heavy atom. The first kappa shape index (κ1) is 30.2. The van der Waals surface area contributed by atoms with Gasteiger partial charge in [-0.2, -0.15) is 0 Å². The molecule has 0 atom stereocenters. The van der Waals surface area contributed by atoms with Gasteiger partial charge in [-0.15, -0.1) is 0 Å². The number of amides is 3. The summed E-state index contributed by atoms with van der Waals surface area (Å²) in [6, 6.07) is 0. The third-order valence-corrected chi connectivity index (χ3v) is 4.44. The van der Waals surface area contributed by atoms with Crippen molar-refractivity contribution >= 4 is 23.5 Å². The van der Waals surface area contributed by atoms with Crippen LogP contribution in [-0.2, 0) is 19.2 Å². The molecule has 0 saturated heterocycles. The van der Waals surface area contributed by atoms with Gasteiger partial charge in [0.15, 0.2) is 0 Å². The molecule has 2 N–H and O–H groups in total. The number of aliphatic hydroxyl groups is 1. The molecule has 7 heteroatoms. The highest BCUT2D eigenvalue weighted by atomic mass is 16.3. The number of nitrogens with zero attached hydrogens (tertiary/aromatic N) is 1. The first-order chi connectivity index (χ1) is 13.9. The molecule has 1 rings (SSSR count). The zero-order valence-corrected chi connectivity index (χ0v) is 20.1. The number of ketones is 1. The fraction of sp³-hybridized carbons (Fsp3) is 0.739. The van der Waals surface area contributed by atoms with E-state index in [9.17, 15) is 19.2 Å². The molecule has 0 saturated carbocycles. The maximum absolute atomic E-state index is 11.4. The van der Waals surface area contributed by atoms with E-state index in [1.165, 1.54) is 12.2 Å². The molecular weight excluding hydrogens is 384 g/mol. The zero-order chi connectivity index (χ0) is 23.9. The second kappa shape index (κ2) is 15.8. The van der Waals surface area contributed by atoms with Crippen LogP contribution < -0.4 is 5.32 Å². The van der Waals surface area contributed by atoms with Crippen LogP contribution in [0.2, 0.25) is 0 Å².